The maximum Gasteiger partial charge on any atom is 0.488 e. The molecule has 6 N–H and O–H groups in total. The Balaban J connectivity index is 0.000000340. The van der Waals surface area contributed by atoms with E-state index in [1.807, 2.05) is 121 Å². The molecule has 29 heteroatoms. The number of aromatic nitrogens is 4. The van der Waals surface area contributed by atoms with Crippen molar-refractivity contribution in [3.8, 4) is 57.4 Å². The number of alkyl halides is 1. The third-order valence-corrected chi connectivity index (χ3v) is 14.4. The van der Waals surface area contributed by atoms with Crippen LogP contribution in [0.2, 0.25) is 5.35 Å². The van der Waals surface area contributed by atoms with E-state index in [9.17, 15) is 27.9 Å². The van der Waals surface area contributed by atoms with Crippen LogP contribution in [-0.4, -0.2) is 111 Å². The molecule has 0 unspecified atom stereocenters. The molecule has 0 bridgehead atoms. The predicted octanol–water partition coefficient (Wildman–Crippen LogP) is 16.9. The zero-order valence-corrected chi connectivity index (χ0v) is 64.6. The van der Waals surface area contributed by atoms with Gasteiger partial charge in [0.1, 0.15) is 69.5 Å². The molecule has 2 radical (unpaired) electrons. The van der Waals surface area contributed by atoms with Gasteiger partial charge in [0.2, 0.25) is 17.7 Å². The third-order valence-electron chi connectivity index (χ3n) is 13.5. The van der Waals surface area contributed by atoms with E-state index in [-0.39, 0.29) is 116 Å². The summed E-state index contributed by atoms with van der Waals surface area (Å²) in [6.07, 6.45) is 2.46. The molecule has 12 rings (SSSR count). The van der Waals surface area contributed by atoms with Crippen LogP contribution < -0.4 is 20.7 Å². The summed E-state index contributed by atoms with van der Waals surface area (Å²) in [6.45, 7) is 11.1. The second-order valence-corrected chi connectivity index (χ2v) is 24.7. The monoisotopic (exact) mass is 1720 g/mol. The van der Waals surface area contributed by atoms with Crippen molar-refractivity contribution >= 4 is 124 Å². The molecular formula is C77H82B3BrCl2F3N5O14W-2. The van der Waals surface area contributed by atoms with Crippen LogP contribution in [0, 0.1) is 7.43 Å². The van der Waals surface area contributed by atoms with Gasteiger partial charge >= 0.3 is 19.1 Å². The second-order valence-electron chi connectivity index (χ2n) is 23.8. The van der Waals surface area contributed by atoms with Crippen LogP contribution in [0.25, 0.3) is 78.8 Å². The Kier molecular flexibility index (Phi) is 39.9. The average Bonchev–Trinajstić information content (AvgIpc) is 1.69. The number of carbonyl (C=O) groups is 2. The first kappa shape index (κ1) is 90.8. The summed E-state index contributed by atoms with van der Waals surface area (Å²) in [5.74, 6) is 2.57. The van der Waals surface area contributed by atoms with E-state index in [1.54, 1.807) is 90.1 Å². The summed E-state index contributed by atoms with van der Waals surface area (Å²) >= 11 is 8.63. The molecule has 0 amide bonds. The third kappa shape index (κ3) is 31.4. The number of hydrogen-bond acceptors (Lipinski definition) is 19. The van der Waals surface area contributed by atoms with Crippen LogP contribution >= 0.6 is 39.9 Å². The fraction of sp³-hybridized carbons (Fsp3) is 0.208. The van der Waals surface area contributed by atoms with Crippen LogP contribution in [-0.2, 0) is 40.1 Å². The minimum absolute atomic E-state index is 0. The number of carbonyl (C=O) groups excluding carboxylic acids is 2. The summed E-state index contributed by atoms with van der Waals surface area (Å²) < 4.78 is 81.1. The molecule has 0 saturated carbocycles. The fourth-order valence-electron chi connectivity index (χ4n) is 8.58. The van der Waals surface area contributed by atoms with Crippen LogP contribution in [0.1, 0.15) is 67.2 Å². The Morgan fingerprint density at radius 3 is 1.13 bits per heavy atom. The van der Waals surface area contributed by atoms with Gasteiger partial charge in [0.15, 0.2) is 22.3 Å². The van der Waals surface area contributed by atoms with Crippen molar-refractivity contribution in [3.63, 3.8) is 0 Å². The minimum Gasteiger partial charge on any atom is -0.508 e. The van der Waals surface area contributed by atoms with Gasteiger partial charge in [0.25, 0.3) is 5.35 Å². The van der Waals surface area contributed by atoms with Gasteiger partial charge in [0.05, 0.1) is 19.0 Å². The number of esters is 2. The van der Waals surface area contributed by atoms with E-state index >= 15 is 0 Å². The van der Waals surface area contributed by atoms with E-state index in [2.05, 4.69) is 35.9 Å². The quantitative estimate of drug-likeness (QED) is 0.0231. The Hall–Kier alpha value is -9.39. The van der Waals surface area contributed by atoms with Crippen molar-refractivity contribution in [2.24, 2.45) is 5.73 Å². The standard InChI is InChI=1S/C23H24FNO4.C17H15FN2O2.C13H9NO2.C10H16BrFO2.C7H4ClNO.C6H7BO3.CH3.B2H3.ClH.W/c1-23(2,3)29-21(26)13-8-16(14-24)15-27-18-11-9-17(10-12-18)22-25-19-6-4-5-7-20(19)28-22;18-9-12(10-19)11-21-14-7-5-13(6-8-14)17-20-15-3-1-2-4-16(15)22-17;15-10-7-5-9(6-8-10)13-14-11-3-1-2-4-12(11)16-13;1-10(2,3)14-9(13)5-4-8(6-11)7-12;8-7-9-5-3-1-2-4-6(5)10-7;8-6-3-1-5(2-4-6)7(9)10;;1-2;;/h4-7,9-12,14H,8,13,15H2,1-3H3;1-9H,10-11,19H2;1-8,15H;7H,4-6H2,1-3H3;1-4H;1-4,8-10H;1H3;1H3;1H;/q;;;;;;2*-1;;/b16-14+;12-9+;;8-7+;;;;;;. The summed E-state index contributed by atoms with van der Waals surface area (Å²) in [7, 11) is 3.54. The number of oxazole rings is 4. The minimum atomic E-state index is -1.46. The van der Waals surface area contributed by atoms with Crippen molar-refractivity contribution in [1.82, 2.24) is 19.9 Å². The van der Waals surface area contributed by atoms with Gasteiger partial charge in [-0.1, -0.05) is 84.3 Å². The van der Waals surface area contributed by atoms with Gasteiger partial charge in [-0.2, -0.15) is 12.7 Å². The summed E-state index contributed by atoms with van der Waals surface area (Å²) in [6, 6.07) is 57.2. The van der Waals surface area contributed by atoms with Crippen LogP contribution in [0.3, 0.4) is 0 Å². The Labute approximate surface area is 649 Å². The first-order valence-electron chi connectivity index (χ1n) is 31.4. The molecule has 12 aromatic rings. The van der Waals surface area contributed by atoms with Crippen LogP contribution in [0.4, 0.5) is 13.2 Å². The maximum atomic E-state index is 13.1. The molecule has 0 atom stereocenters. The van der Waals surface area contributed by atoms with Crippen molar-refractivity contribution < 1.29 is 101 Å². The molecule has 0 aliphatic rings. The molecule has 0 saturated heterocycles. The van der Waals surface area contributed by atoms with Crippen molar-refractivity contribution in [2.45, 2.75) is 78.4 Å². The number of nitrogens with two attached hydrogens (primary N) is 1. The number of nitrogens with zero attached hydrogens (tertiary/aromatic N) is 4. The van der Waals surface area contributed by atoms with Gasteiger partial charge in [-0.3, -0.25) is 9.59 Å². The molecule has 0 fully saturated rings. The van der Waals surface area contributed by atoms with Crippen LogP contribution in [0.15, 0.2) is 248 Å². The van der Waals surface area contributed by atoms with Crippen molar-refractivity contribution in [1.29, 1.82) is 0 Å². The van der Waals surface area contributed by atoms with Gasteiger partial charge in [-0.15, -0.1) is 12.4 Å². The number of benzene rings is 8. The number of phenols is 2. The van der Waals surface area contributed by atoms with E-state index < -0.39 is 18.3 Å². The average molecular weight is 1730 g/mol. The molecule has 8 aromatic carbocycles. The molecule has 0 aliphatic heterocycles. The molecule has 0 spiro atoms. The maximum absolute atomic E-state index is 13.1. The number of para-hydroxylation sites is 8. The smallest absolute Gasteiger partial charge is 0.488 e. The largest absolute Gasteiger partial charge is 0.508 e. The zero-order chi connectivity index (χ0) is 74.9. The number of allylic oxidation sites excluding steroid dienone is 1. The number of hydrogen-bond donors (Lipinski definition) is 5. The predicted molar refractivity (Wildman–Crippen MR) is 418 cm³/mol. The number of rotatable bonds is 18. The number of aromatic hydroxyl groups is 2. The first-order valence-corrected chi connectivity index (χ1v) is 32.9. The second kappa shape index (κ2) is 46.5. The fourth-order valence-corrected chi connectivity index (χ4v) is 9.15. The summed E-state index contributed by atoms with van der Waals surface area (Å²) in [4.78, 5) is 40.1. The number of halogens is 6. The molecule has 558 valence electrons. The number of phenolic OH excluding ortho intramolecular Hbond substituents is 2. The normalized spacial score (nSPS) is 11.0. The summed E-state index contributed by atoms with van der Waals surface area (Å²) in [5, 5.41) is 35.8. The first-order chi connectivity index (χ1) is 49.4. The Bertz CT molecular complexity index is 4540. The van der Waals surface area contributed by atoms with E-state index in [1.165, 1.54) is 24.3 Å². The molecule has 106 heavy (non-hydrogen) atoms. The van der Waals surface area contributed by atoms with Crippen LogP contribution in [0.5, 0.6) is 23.0 Å². The van der Waals surface area contributed by atoms with E-state index in [0.717, 1.165) is 61.1 Å². The molecular weight excluding hydrogens is 1640 g/mol. The van der Waals surface area contributed by atoms with E-state index in [4.69, 9.17) is 76.8 Å². The van der Waals surface area contributed by atoms with Gasteiger partial charge in [-0.05, 0) is 216 Å². The van der Waals surface area contributed by atoms with Gasteiger partial charge in [0, 0.05) is 68.0 Å². The molecule has 4 aromatic heterocycles. The Morgan fingerprint density at radius 2 is 0.821 bits per heavy atom. The summed E-state index contributed by atoms with van der Waals surface area (Å²) in [5.41, 5.74) is 14.8. The molecule has 4 heterocycles. The topological polar surface area (TPSA) is 282 Å². The van der Waals surface area contributed by atoms with Crippen molar-refractivity contribution in [2.75, 3.05) is 25.1 Å². The Morgan fingerprint density at radius 1 is 0.509 bits per heavy atom. The molecule has 19 nitrogen and oxygen atoms in total. The number of ether oxygens (including phenoxy) is 4. The van der Waals surface area contributed by atoms with Gasteiger partial charge in [-0.25, -0.2) is 28.1 Å². The SMILES string of the molecule is CC(C)(C)OC(=O)CC/C(=C\F)CBr.CC(C)(C)OC(=O)CC/C(=C\F)COc1ccc(-c2nc3ccccc3o2)cc1.Cl.Clc1nc2ccccc2o1.NC/C(=C\F)COc1ccc(-c2nc3ccccc3o2)cc1.OB(O)c1ccc(O)cc1.Oc1ccc(-c2nc3ccccc3o2)cc1.[B][BH3-].[CH3-].[W]. The van der Waals surface area contributed by atoms with E-state index in [0.29, 0.717) is 82.1 Å². The van der Waals surface area contributed by atoms with Crippen molar-refractivity contribution in [3.05, 3.63) is 243 Å². The zero-order valence-electron chi connectivity index (χ0n) is 58.5. The van der Waals surface area contributed by atoms with Gasteiger partial charge < -0.3 is 70.0 Å². The number of fused-ring (bicyclic) bond motifs is 4. The molecule has 0 aliphatic carbocycles.